The lowest BCUT2D eigenvalue weighted by molar-refractivity contribution is 0.0699. The number of aromatic nitrogens is 1. The monoisotopic (exact) mass is 309 g/mol. The second-order valence-electron chi connectivity index (χ2n) is 4.32. The van der Waals surface area contributed by atoms with Gasteiger partial charge in [-0.15, -0.1) is 0 Å². The molecule has 0 spiro atoms. The summed E-state index contributed by atoms with van der Waals surface area (Å²) in [5.74, 6) is -0.585. The molecule has 8 heteroatoms. The third-order valence-corrected chi connectivity index (χ3v) is 4.31. The Morgan fingerprint density at radius 2 is 2.05 bits per heavy atom. The number of fused-ring (bicyclic) bond motifs is 1. The minimum absolute atomic E-state index is 0.0710. The van der Waals surface area contributed by atoms with Crippen LogP contribution in [0.15, 0.2) is 30.3 Å². The van der Waals surface area contributed by atoms with Crippen molar-refractivity contribution in [2.45, 2.75) is 0 Å². The van der Waals surface area contributed by atoms with Crippen LogP contribution in [-0.2, 0) is 10.0 Å². The highest BCUT2D eigenvalue weighted by Gasteiger charge is 2.10. The van der Waals surface area contributed by atoms with E-state index >= 15 is 0 Å². The third kappa shape index (κ3) is 3.67. The summed E-state index contributed by atoms with van der Waals surface area (Å²) in [7, 11) is -1.91. The van der Waals surface area contributed by atoms with Gasteiger partial charge in [-0.2, -0.15) is 0 Å². The minimum Gasteiger partial charge on any atom is -0.478 e. The molecule has 0 aliphatic heterocycles. The second-order valence-corrected chi connectivity index (χ2v) is 6.37. The number of hydrogen-bond acceptors (Lipinski definition) is 5. The smallest absolute Gasteiger partial charge is 0.336 e. The number of hydrogen-bond donors (Lipinski definition) is 3. The van der Waals surface area contributed by atoms with Gasteiger partial charge in [0.05, 0.1) is 16.8 Å². The number of rotatable bonds is 6. The van der Waals surface area contributed by atoms with Gasteiger partial charge in [0.15, 0.2) is 0 Å². The number of nitrogens with zero attached hydrogens (tertiary/aromatic N) is 1. The Labute approximate surface area is 122 Å². The maximum Gasteiger partial charge on any atom is 0.336 e. The number of nitrogens with one attached hydrogen (secondary N) is 2. The van der Waals surface area contributed by atoms with Crippen molar-refractivity contribution >= 4 is 32.7 Å². The first-order valence-electron chi connectivity index (χ1n) is 6.21. The highest BCUT2D eigenvalue weighted by molar-refractivity contribution is 7.89. The Bertz CT molecular complexity index is 774. The molecule has 0 radical (unpaired) electrons. The van der Waals surface area contributed by atoms with Gasteiger partial charge in [0, 0.05) is 11.9 Å². The Kier molecular flexibility index (Phi) is 4.39. The fraction of sp³-hybridized carbons (Fsp3) is 0.231. The highest BCUT2D eigenvalue weighted by Crippen LogP contribution is 2.19. The molecular weight excluding hydrogens is 294 g/mol. The van der Waals surface area contributed by atoms with E-state index in [4.69, 9.17) is 5.11 Å². The fourth-order valence-electron chi connectivity index (χ4n) is 1.86. The molecule has 0 aliphatic carbocycles. The lowest BCUT2D eigenvalue weighted by Gasteiger charge is -2.08. The van der Waals surface area contributed by atoms with Gasteiger partial charge in [0.1, 0.15) is 5.82 Å². The quantitative estimate of drug-likeness (QED) is 0.731. The minimum atomic E-state index is -3.27. The van der Waals surface area contributed by atoms with Crippen molar-refractivity contribution in [3.05, 3.63) is 35.9 Å². The lowest BCUT2D eigenvalue weighted by Crippen LogP contribution is -2.26. The summed E-state index contributed by atoms with van der Waals surface area (Å²) < 4.78 is 24.8. The van der Waals surface area contributed by atoms with Crippen molar-refractivity contribution < 1.29 is 18.3 Å². The molecule has 0 saturated heterocycles. The van der Waals surface area contributed by atoms with E-state index < -0.39 is 16.0 Å². The van der Waals surface area contributed by atoms with Gasteiger partial charge in [-0.25, -0.2) is 22.9 Å². The van der Waals surface area contributed by atoms with Crippen LogP contribution in [0.1, 0.15) is 10.4 Å². The number of carboxylic acid groups (broad SMARTS) is 1. The average Bonchev–Trinajstić information content (AvgIpc) is 2.46. The molecule has 0 unspecified atom stereocenters. The van der Waals surface area contributed by atoms with Crippen LogP contribution >= 0.6 is 0 Å². The van der Waals surface area contributed by atoms with Gasteiger partial charge >= 0.3 is 5.97 Å². The maximum absolute atomic E-state index is 11.3. The molecule has 1 heterocycles. The van der Waals surface area contributed by atoms with Crippen LogP contribution < -0.4 is 10.0 Å². The van der Waals surface area contributed by atoms with Crippen molar-refractivity contribution in [2.24, 2.45) is 0 Å². The first kappa shape index (κ1) is 15.2. The molecule has 0 fully saturated rings. The van der Waals surface area contributed by atoms with Crippen LogP contribution in [-0.4, -0.2) is 43.8 Å². The molecule has 0 amide bonds. The van der Waals surface area contributed by atoms with Crippen LogP contribution in [0.2, 0.25) is 0 Å². The molecule has 0 saturated carbocycles. The summed E-state index contributed by atoms with van der Waals surface area (Å²) in [5, 5.41) is 12.5. The summed E-state index contributed by atoms with van der Waals surface area (Å²) in [6.45, 7) is 0.209. The van der Waals surface area contributed by atoms with Gasteiger partial charge in [0.2, 0.25) is 10.0 Å². The Hall–Kier alpha value is -2.19. The number of anilines is 1. The second kappa shape index (κ2) is 6.06. The standard InChI is InChI=1S/C13H15N3O4S/c1-14-21(19,20)8-7-15-12-6-5-9-10(13(17)18)3-2-4-11(9)16-12/h2-6,14H,7-8H2,1H3,(H,15,16)(H,17,18). The molecular formula is C13H15N3O4S. The van der Waals surface area contributed by atoms with Gasteiger partial charge in [-0.3, -0.25) is 0 Å². The highest BCUT2D eigenvalue weighted by atomic mass is 32.2. The van der Waals surface area contributed by atoms with Gasteiger partial charge < -0.3 is 10.4 Å². The Balaban J connectivity index is 2.19. The molecule has 2 rings (SSSR count). The van der Waals surface area contributed by atoms with Gasteiger partial charge in [-0.1, -0.05) is 6.07 Å². The number of sulfonamides is 1. The summed E-state index contributed by atoms with van der Waals surface area (Å²) in [6.07, 6.45) is 0. The summed E-state index contributed by atoms with van der Waals surface area (Å²) in [5.41, 5.74) is 0.723. The average molecular weight is 309 g/mol. The number of pyridine rings is 1. The predicted molar refractivity (Wildman–Crippen MR) is 80.0 cm³/mol. The van der Waals surface area contributed by atoms with Crippen molar-refractivity contribution in [1.82, 2.24) is 9.71 Å². The predicted octanol–water partition coefficient (Wildman–Crippen LogP) is 0.894. The van der Waals surface area contributed by atoms with E-state index in [-0.39, 0.29) is 17.9 Å². The zero-order chi connectivity index (χ0) is 15.5. The number of aromatic carboxylic acids is 1. The Morgan fingerprint density at radius 3 is 2.71 bits per heavy atom. The molecule has 112 valence electrons. The van der Waals surface area contributed by atoms with Gasteiger partial charge in [-0.05, 0) is 31.3 Å². The molecule has 1 aromatic heterocycles. The molecule has 0 aliphatic rings. The summed E-state index contributed by atoms with van der Waals surface area (Å²) >= 11 is 0. The fourth-order valence-corrected chi connectivity index (χ4v) is 2.43. The van der Waals surface area contributed by atoms with Crippen molar-refractivity contribution in [3.63, 3.8) is 0 Å². The first-order valence-corrected chi connectivity index (χ1v) is 7.86. The number of carboxylic acids is 1. The summed E-state index contributed by atoms with van der Waals surface area (Å²) in [4.78, 5) is 15.4. The normalized spacial score (nSPS) is 11.5. The molecule has 1 aromatic carbocycles. The van der Waals surface area contributed by atoms with E-state index in [0.29, 0.717) is 16.7 Å². The molecule has 21 heavy (non-hydrogen) atoms. The van der Waals surface area contributed by atoms with Crippen LogP contribution in [0, 0.1) is 0 Å². The molecule has 2 aromatic rings. The summed E-state index contributed by atoms with van der Waals surface area (Å²) in [6, 6.07) is 8.12. The maximum atomic E-state index is 11.3. The largest absolute Gasteiger partial charge is 0.478 e. The topological polar surface area (TPSA) is 108 Å². The number of benzene rings is 1. The zero-order valence-corrected chi connectivity index (χ0v) is 12.1. The van der Waals surface area contributed by atoms with Crippen LogP contribution in [0.25, 0.3) is 10.9 Å². The van der Waals surface area contributed by atoms with Crippen LogP contribution in [0.5, 0.6) is 0 Å². The van der Waals surface area contributed by atoms with Crippen molar-refractivity contribution in [2.75, 3.05) is 24.7 Å². The third-order valence-electron chi connectivity index (χ3n) is 2.95. The Morgan fingerprint density at radius 1 is 1.29 bits per heavy atom. The first-order chi connectivity index (χ1) is 9.93. The molecule has 0 atom stereocenters. The van der Waals surface area contributed by atoms with E-state index in [2.05, 4.69) is 15.0 Å². The van der Waals surface area contributed by atoms with Crippen molar-refractivity contribution in [3.8, 4) is 0 Å². The van der Waals surface area contributed by atoms with E-state index in [1.165, 1.54) is 13.1 Å². The van der Waals surface area contributed by atoms with E-state index in [1.807, 2.05) is 0 Å². The molecule has 3 N–H and O–H groups in total. The van der Waals surface area contributed by atoms with Crippen LogP contribution in [0.3, 0.4) is 0 Å². The lowest BCUT2D eigenvalue weighted by atomic mass is 10.1. The van der Waals surface area contributed by atoms with Crippen molar-refractivity contribution in [1.29, 1.82) is 0 Å². The zero-order valence-electron chi connectivity index (χ0n) is 11.3. The molecule has 0 bridgehead atoms. The van der Waals surface area contributed by atoms with Gasteiger partial charge in [0.25, 0.3) is 0 Å². The number of carbonyl (C=O) groups is 1. The van der Waals surface area contributed by atoms with E-state index in [1.54, 1.807) is 24.3 Å². The SMILES string of the molecule is CNS(=O)(=O)CCNc1ccc2c(C(=O)O)cccc2n1. The molecule has 7 nitrogen and oxygen atoms in total. The van der Waals surface area contributed by atoms with E-state index in [9.17, 15) is 13.2 Å². The van der Waals surface area contributed by atoms with E-state index in [0.717, 1.165) is 0 Å². The van der Waals surface area contributed by atoms with Crippen LogP contribution in [0.4, 0.5) is 5.82 Å².